The van der Waals surface area contributed by atoms with Crippen molar-refractivity contribution in [2.24, 2.45) is 0 Å². The average molecular weight is 328 g/mol. The highest BCUT2D eigenvalue weighted by molar-refractivity contribution is 9.10. The fourth-order valence-electron chi connectivity index (χ4n) is 1.52. The second-order valence-electron chi connectivity index (χ2n) is 4.21. The molecule has 1 amide bonds. The Morgan fingerprint density at radius 3 is 2.68 bits per heavy atom. The number of rotatable bonds is 6. The average Bonchev–Trinajstić information content (AvgIpc) is 2.37. The van der Waals surface area contributed by atoms with Crippen LogP contribution in [0.5, 0.6) is 0 Å². The van der Waals surface area contributed by atoms with Gasteiger partial charge >= 0.3 is 0 Å². The zero-order valence-corrected chi connectivity index (χ0v) is 12.6. The van der Waals surface area contributed by atoms with Crippen molar-refractivity contribution in [3.63, 3.8) is 0 Å². The molecule has 1 N–H and O–H groups in total. The minimum Gasteiger partial charge on any atom is -0.389 e. The third kappa shape index (κ3) is 6.00. The third-order valence-electron chi connectivity index (χ3n) is 2.51. The first-order chi connectivity index (χ1) is 9.02. The molecule has 1 atom stereocenters. The molecule has 0 heterocycles. The van der Waals surface area contributed by atoms with Crippen LogP contribution in [0.3, 0.4) is 0 Å². The summed E-state index contributed by atoms with van der Waals surface area (Å²) in [6.45, 7) is 0.464. The number of benzene rings is 1. The summed E-state index contributed by atoms with van der Waals surface area (Å²) in [5.74, 6) is -0.155. The Kier molecular flexibility index (Phi) is 6.77. The van der Waals surface area contributed by atoms with Crippen molar-refractivity contribution in [1.82, 2.24) is 4.90 Å². The molecule has 104 valence electrons. The molecule has 0 radical (unpaired) electrons. The predicted octanol–water partition coefficient (Wildman–Crippen LogP) is 1.93. The van der Waals surface area contributed by atoms with Crippen molar-refractivity contribution in [3.05, 3.63) is 40.4 Å². The van der Waals surface area contributed by atoms with Crippen molar-refractivity contribution >= 4 is 27.9 Å². The van der Waals surface area contributed by atoms with Crippen LogP contribution in [0, 0.1) is 0 Å². The van der Waals surface area contributed by atoms with Crippen molar-refractivity contribution in [2.45, 2.75) is 6.10 Å². The second kappa shape index (κ2) is 8.09. The molecular formula is C14H18BrNO3. The quantitative estimate of drug-likeness (QED) is 0.812. The van der Waals surface area contributed by atoms with Crippen molar-refractivity contribution in [1.29, 1.82) is 0 Å². The molecule has 0 aliphatic rings. The maximum absolute atomic E-state index is 11.8. The Bertz CT molecular complexity index is 431. The summed E-state index contributed by atoms with van der Waals surface area (Å²) < 4.78 is 5.81. The van der Waals surface area contributed by atoms with Gasteiger partial charge in [-0.2, -0.15) is 0 Å². The summed E-state index contributed by atoms with van der Waals surface area (Å²) in [6, 6.07) is 7.65. The Hall–Kier alpha value is -1.17. The van der Waals surface area contributed by atoms with Crippen molar-refractivity contribution < 1.29 is 14.6 Å². The number of likely N-dealkylation sites (N-methyl/N-ethyl adjacent to an activating group) is 1. The van der Waals surface area contributed by atoms with Gasteiger partial charge in [0.25, 0.3) is 0 Å². The molecule has 5 heteroatoms. The monoisotopic (exact) mass is 327 g/mol. The van der Waals surface area contributed by atoms with Crippen LogP contribution in [-0.2, 0) is 9.53 Å². The van der Waals surface area contributed by atoms with Gasteiger partial charge in [0, 0.05) is 31.3 Å². The fraction of sp³-hybridized carbons (Fsp3) is 0.357. The first-order valence-corrected chi connectivity index (χ1v) is 6.68. The minimum atomic E-state index is -0.667. The van der Waals surface area contributed by atoms with Gasteiger partial charge in [0.05, 0.1) is 12.7 Å². The van der Waals surface area contributed by atoms with Crippen molar-refractivity contribution in [2.75, 3.05) is 27.3 Å². The Labute approximate surface area is 121 Å². The van der Waals surface area contributed by atoms with Gasteiger partial charge in [-0.3, -0.25) is 4.79 Å². The van der Waals surface area contributed by atoms with Crippen LogP contribution in [0.25, 0.3) is 6.08 Å². The molecule has 0 saturated heterocycles. The van der Waals surface area contributed by atoms with Crippen LogP contribution < -0.4 is 0 Å². The highest BCUT2D eigenvalue weighted by atomic mass is 79.9. The SMILES string of the molecule is COCC(O)CN(C)C(=O)/C=C/c1ccc(Br)cc1. The molecule has 19 heavy (non-hydrogen) atoms. The van der Waals surface area contributed by atoms with E-state index in [0.717, 1.165) is 10.0 Å². The third-order valence-corrected chi connectivity index (χ3v) is 3.04. The van der Waals surface area contributed by atoms with E-state index in [1.54, 1.807) is 13.1 Å². The van der Waals surface area contributed by atoms with E-state index in [9.17, 15) is 9.90 Å². The highest BCUT2D eigenvalue weighted by Gasteiger charge is 2.10. The van der Waals surface area contributed by atoms with E-state index in [1.807, 2.05) is 24.3 Å². The lowest BCUT2D eigenvalue weighted by Gasteiger charge is -2.18. The van der Waals surface area contributed by atoms with Gasteiger partial charge in [-0.05, 0) is 23.8 Å². The predicted molar refractivity (Wildman–Crippen MR) is 78.7 cm³/mol. The number of carbonyl (C=O) groups is 1. The molecule has 0 fully saturated rings. The molecule has 1 rings (SSSR count). The lowest BCUT2D eigenvalue weighted by Crippen LogP contribution is -2.35. The van der Waals surface area contributed by atoms with E-state index in [0.29, 0.717) is 0 Å². The topological polar surface area (TPSA) is 49.8 Å². The van der Waals surface area contributed by atoms with Crippen LogP contribution >= 0.6 is 15.9 Å². The first kappa shape index (κ1) is 15.9. The lowest BCUT2D eigenvalue weighted by molar-refractivity contribution is -0.126. The number of carbonyl (C=O) groups excluding carboxylic acids is 1. The molecule has 1 aromatic rings. The highest BCUT2D eigenvalue weighted by Crippen LogP contribution is 2.11. The summed E-state index contributed by atoms with van der Waals surface area (Å²) in [6.07, 6.45) is 2.57. The van der Waals surface area contributed by atoms with Crippen molar-refractivity contribution in [3.8, 4) is 0 Å². The van der Waals surface area contributed by atoms with Crippen LogP contribution in [-0.4, -0.2) is 49.3 Å². The molecule has 0 bridgehead atoms. The van der Waals surface area contributed by atoms with Gasteiger partial charge in [0.2, 0.25) is 5.91 Å². The molecule has 0 spiro atoms. The molecule has 1 aromatic carbocycles. The number of aliphatic hydroxyl groups excluding tert-OH is 1. The van der Waals surface area contributed by atoms with E-state index in [2.05, 4.69) is 15.9 Å². The zero-order chi connectivity index (χ0) is 14.3. The van der Waals surface area contributed by atoms with Gasteiger partial charge in [0.1, 0.15) is 0 Å². The summed E-state index contributed by atoms with van der Waals surface area (Å²) in [7, 11) is 3.16. The van der Waals surface area contributed by atoms with E-state index in [4.69, 9.17) is 4.74 Å². The molecule has 4 nitrogen and oxygen atoms in total. The second-order valence-corrected chi connectivity index (χ2v) is 5.13. The number of halogens is 1. The van der Waals surface area contributed by atoms with E-state index < -0.39 is 6.10 Å². The van der Waals surface area contributed by atoms with Gasteiger partial charge < -0.3 is 14.7 Å². The zero-order valence-electron chi connectivity index (χ0n) is 11.0. The van der Waals surface area contributed by atoms with Crippen LogP contribution in [0.15, 0.2) is 34.8 Å². The molecule has 0 aliphatic heterocycles. The van der Waals surface area contributed by atoms with Gasteiger partial charge in [-0.15, -0.1) is 0 Å². The molecule has 0 aromatic heterocycles. The number of methoxy groups -OCH3 is 1. The van der Waals surface area contributed by atoms with Crippen LogP contribution in [0.2, 0.25) is 0 Å². The van der Waals surface area contributed by atoms with Gasteiger partial charge in [-0.25, -0.2) is 0 Å². The van der Waals surface area contributed by atoms with Crippen LogP contribution in [0.4, 0.5) is 0 Å². The smallest absolute Gasteiger partial charge is 0.246 e. The minimum absolute atomic E-state index is 0.155. The fourth-order valence-corrected chi connectivity index (χ4v) is 1.78. The van der Waals surface area contributed by atoms with E-state index >= 15 is 0 Å². The molecule has 0 aliphatic carbocycles. The Balaban J connectivity index is 2.51. The number of hydrogen-bond donors (Lipinski definition) is 1. The van der Waals surface area contributed by atoms with E-state index in [1.165, 1.54) is 18.1 Å². The summed E-state index contributed by atoms with van der Waals surface area (Å²) >= 11 is 3.35. The summed E-state index contributed by atoms with van der Waals surface area (Å²) in [4.78, 5) is 13.3. The number of nitrogens with zero attached hydrogens (tertiary/aromatic N) is 1. The molecule has 1 unspecified atom stereocenters. The normalized spacial score (nSPS) is 12.6. The number of aliphatic hydroxyl groups is 1. The maximum atomic E-state index is 11.8. The summed E-state index contributed by atoms with van der Waals surface area (Å²) in [5, 5.41) is 9.54. The Morgan fingerprint density at radius 2 is 2.11 bits per heavy atom. The molecule has 0 saturated carbocycles. The number of amides is 1. The largest absolute Gasteiger partial charge is 0.389 e. The lowest BCUT2D eigenvalue weighted by atomic mass is 10.2. The number of hydrogen-bond acceptors (Lipinski definition) is 3. The molecular weight excluding hydrogens is 310 g/mol. The maximum Gasteiger partial charge on any atom is 0.246 e. The van der Waals surface area contributed by atoms with E-state index in [-0.39, 0.29) is 19.1 Å². The first-order valence-electron chi connectivity index (χ1n) is 5.88. The van der Waals surface area contributed by atoms with Crippen LogP contribution in [0.1, 0.15) is 5.56 Å². The Morgan fingerprint density at radius 1 is 1.47 bits per heavy atom. The summed E-state index contributed by atoms with van der Waals surface area (Å²) in [5.41, 5.74) is 0.947. The van der Waals surface area contributed by atoms with Gasteiger partial charge in [-0.1, -0.05) is 28.1 Å². The van der Waals surface area contributed by atoms with Gasteiger partial charge in [0.15, 0.2) is 0 Å². The standard InChI is InChI=1S/C14H18BrNO3/c1-16(9-13(17)10-19-2)14(18)8-5-11-3-6-12(15)7-4-11/h3-8,13,17H,9-10H2,1-2H3/b8-5+. The number of ether oxygens (including phenoxy) is 1.